The molecule has 15 heavy (non-hydrogen) atoms. The predicted octanol–water partition coefficient (Wildman–Crippen LogP) is 1.67. The summed E-state index contributed by atoms with van der Waals surface area (Å²) >= 11 is 0. The molecule has 1 rings (SSSR count). The number of hydrogen-bond acceptors (Lipinski definition) is 3. The topological polar surface area (TPSA) is 60.2 Å². The molecule has 0 radical (unpaired) electrons. The molecule has 0 saturated carbocycles. The molecule has 84 valence electrons. The van der Waals surface area contributed by atoms with Gasteiger partial charge in [0.25, 0.3) is 0 Å². The van der Waals surface area contributed by atoms with E-state index in [2.05, 4.69) is 20.8 Å². The number of benzene rings is 1. The Morgan fingerprint density at radius 1 is 1.13 bits per heavy atom. The molecule has 0 spiro atoms. The molecule has 1 aromatic rings. The fourth-order valence-electron chi connectivity index (χ4n) is 1.26. The van der Waals surface area contributed by atoms with Crippen LogP contribution in [0.3, 0.4) is 0 Å². The molecule has 0 fully saturated rings. The van der Waals surface area contributed by atoms with Gasteiger partial charge in [-0.2, -0.15) is 0 Å². The molecular weight excluding hydrogens is 210 g/mol. The molecule has 0 amide bonds. The summed E-state index contributed by atoms with van der Waals surface area (Å²) in [6.45, 7) is 6.25. The summed E-state index contributed by atoms with van der Waals surface area (Å²) in [5, 5.41) is 0. The van der Waals surface area contributed by atoms with Crippen LogP contribution in [0.2, 0.25) is 0 Å². The van der Waals surface area contributed by atoms with E-state index in [1.807, 2.05) is 12.1 Å². The summed E-state index contributed by atoms with van der Waals surface area (Å²) in [4.78, 5) is 0.290. The van der Waals surface area contributed by atoms with Gasteiger partial charge in [-0.25, -0.2) is 8.42 Å². The van der Waals surface area contributed by atoms with Crippen LogP contribution in [0.4, 0.5) is 0 Å². The molecule has 0 unspecified atom stereocenters. The van der Waals surface area contributed by atoms with Gasteiger partial charge in [-0.3, -0.25) is 0 Å². The lowest BCUT2D eigenvalue weighted by atomic mass is 9.87. The van der Waals surface area contributed by atoms with E-state index in [0.29, 0.717) is 0 Å². The molecule has 1 aromatic carbocycles. The van der Waals surface area contributed by atoms with Crippen molar-refractivity contribution in [3.8, 4) is 0 Å². The van der Waals surface area contributed by atoms with Gasteiger partial charge >= 0.3 is 0 Å². The summed E-state index contributed by atoms with van der Waals surface area (Å²) < 4.78 is 22.9. The molecule has 0 heterocycles. The first kappa shape index (κ1) is 12.2. The van der Waals surface area contributed by atoms with Gasteiger partial charge in [0, 0.05) is 0 Å². The lowest BCUT2D eigenvalue weighted by Gasteiger charge is -2.18. The highest BCUT2D eigenvalue weighted by atomic mass is 32.2. The zero-order valence-corrected chi connectivity index (χ0v) is 10.1. The molecule has 3 nitrogen and oxygen atoms in total. The lowest BCUT2D eigenvalue weighted by Crippen LogP contribution is -2.15. The van der Waals surface area contributed by atoms with Gasteiger partial charge < -0.3 is 5.73 Å². The standard InChI is InChI=1S/C11H17NO2S/c1-11(2,3)9-4-6-10(7-5-9)15(13,14)8-12/h4-7H,8,12H2,1-3H3. The SMILES string of the molecule is CC(C)(C)c1ccc(S(=O)(=O)CN)cc1. The summed E-state index contributed by atoms with van der Waals surface area (Å²) in [5.41, 5.74) is 6.32. The van der Waals surface area contributed by atoms with Crippen LogP contribution in [0.15, 0.2) is 29.2 Å². The third-order valence-electron chi connectivity index (χ3n) is 2.30. The van der Waals surface area contributed by atoms with E-state index in [-0.39, 0.29) is 16.2 Å². The average molecular weight is 227 g/mol. The minimum atomic E-state index is -3.28. The fourth-order valence-corrected chi connectivity index (χ4v) is 2.00. The first-order valence-corrected chi connectivity index (χ1v) is 6.46. The Balaban J connectivity index is 3.12. The molecule has 0 aliphatic carbocycles. The van der Waals surface area contributed by atoms with Crippen molar-refractivity contribution in [1.82, 2.24) is 0 Å². The van der Waals surface area contributed by atoms with Crippen molar-refractivity contribution >= 4 is 9.84 Å². The second-order valence-electron chi connectivity index (χ2n) is 4.56. The van der Waals surface area contributed by atoms with E-state index < -0.39 is 9.84 Å². The summed E-state index contributed by atoms with van der Waals surface area (Å²) in [5.74, 6) is -0.345. The molecule has 0 aliphatic heterocycles. The Labute approximate surface area is 91.2 Å². The van der Waals surface area contributed by atoms with E-state index >= 15 is 0 Å². The molecular formula is C11H17NO2S. The summed E-state index contributed by atoms with van der Waals surface area (Å²) in [6.07, 6.45) is 0. The van der Waals surface area contributed by atoms with Gasteiger partial charge in [-0.15, -0.1) is 0 Å². The number of hydrogen-bond donors (Lipinski definition) is 1. The van der Waals surface area contributed by atoms with Crippen molar-refractivity contribution in [2.75, 3.05) is 5.88 Å². The maximum absolute atomic E-state index is 11.4. The van der Waals surface area contributed by atoms with Gasteiger partial charge in [0.15, 0.2) is 9.84 Å². The van der Waals surface area contributed by atoms with E-state index in [0.717, 1.165) is 5.56 Å². The largest absolute Gasteiger partial charge is 0.317 e. The summed E-state index contributed by atoms with van der Waals surface area (Å²) in [7, 11) is -3.28. The van der Waals surface area contributed by atoms with Crippen LogP contribution in [0, 0.1) is 0 Å². The van der Waals surface area contributed by atoms with Gasteiger partial charge in [0.1, 0.15) is 5.88 Å². The van der Waals surface area contributed by atoms with Crippen LogP contribution in [-0.4, -0.2) is 14.3 Å². The Hall–Kier alpha value is -0.870. The predicted molar refractivity (Wildman–Crippen MR) is 61.4 cm³/mol. The molecule has 0 aromatic heterocycles. The lowest BCUT2D eigenvalue weighted by molar-refractivity contribution is 0.586. The van der Waals surface area contributed by atoms with Gasteiger partial charge in [-0.1, -0.05) is 32.9 Å². The van der Waals surface area contributed by atoms with Crippen molar-refractivity contribution in [3.63, 3.8) is 0 Å². The van der Waals surface area contributed by atoms with E-state index in [1.165, 1.54) is 0 Å². The Morgan fingerprint density at radius 3 is 1.93 bits per heavy atom. The van der Waals surface area contributed by atoms with Crippen molar-refractivity contribution in [1.29, 1.82) is 0 Å². The van der Waals surface area contributed by atoms with Crippen molar-refractivity contribution < 1.29 is 8.42 Å². The molecule has 4 heteroatoms. The van der Waals surface area contributed by atoms with E-state index in [4.69, 9.17) is 5.73 Å². The van der Waals surface area contributed by atoms with Gasteiger partial charge in [0.05, 0.1) is 4.90 Å². The fraction of sp³-hybridized carbons (Fsp3) is 0.455. The average Bonchev–Trinajstić information content (AvgIpc) is 2.17. The quantitative estimate of drug-likeness (QED) is 0.836. The molecule has 0 bridgehead atoms. The third kappa shape index (κ3) is 2.79. The molecule has 0 saturated heterocycles. The zero-order valence-electron chi connectivity index (χ0n) is 9.32. The van der Waals surface area contributed by atoms with Crippen molar-refractivity contribution in [3.05, 3.63) is 29.8 Å². The molecule has 2 N–H and O–H groups in total. The molecule has 0 atom stereocenters. The van der Waals surface area contributed by atoms with Gasteiger partial charge in [0.2, 0.25) is 0 Å². The maximum atomic E-state index is 11.4. The first-order chi connectivity index (χ1) is 6.77. The zero-order chi connectivity index (χ0) is 11.7. The Kier molecular flexibility index (Phi) is 3.21. The van der Waals surface area contributed by atoms with Crippen LogP contribution in [0.1, 0.15) is 26.3 Å². The number of nitrogens with two attached hydrogens (primary N) is 1. The second-order valence-corrected chi connectivity index (χ2v) is 6.59. The van der Waals surface area contributed by atoms with Gasteiger partial charge in [-0.05, 0) is 23.1 Å². The Morgan fingerprint density at radius 2 is 1.60 bits per heavy atom. The van der Waals surface area contributed by atoms with Crippen molar-refractivity contribution in [2.24, 2.45) is 5.73 Å². The highest BCUT2D eigenvalue weighted by Gasteiger charge is 2.16. The first-order valence-electron chi connectivity index (χ1n) is 4.81. The smallest absolute Gasteiger partial charge is 0.191 e. The normalized spacial score (nSPS) is 12.8. The van der Waals surface area contributed by atoms with Crippen LogP contribution in [0.5, 0.6) is 0 Å². The second kappa shape index (κ2) is 3.94. The number of rotatable bonds is 2. The minimum absolute atomic E-state index is 0.0327. The maximum Gasteiger partial charge on any atom is 0.191 e. The number of sulfone groups is 1. The highest BCUT2D eigenvalue weighted by molar-refractivity contribution is 7.91. The van der Waals surface area contributed by atoms with E-state index in [1.54, 1.807) is 12.1 Å². The van der Waals surface area contributed by atoms with Crippen LogP contribution in [-0.2, 0) is 15.3 Å². The minimum Gasteiger partial charge on any atom is -0.317 e. The molecule has 0 aliphatic rings. The van der Waals surface area contributed by atoms with Crippen LogP contribution >= 0.6 is 0 Å². The summed E-state index contributed by atoms with van der Waals surface area (Å²) in [6, 6.07) is 6.90. The van der Waals surface area contributed by atoms with Crippen LogP contribution in [0.25, 0.3) is 0 Å². The van der Waals surface area contributed by atoms with Crippen LogP contribution < -0.4 is 5.73 Å². The Bertz CT molecular complexity index is 427. The van der Waals surface area contributed by atoms with Crippen molar-refractivity contribution in [2.45, 2.75) is 31.1 Å². The third-order valence-corrected chi connectivity index (χ3v) is 3.73. The van der Waals surface area contributed by atoms with E-state index in [9.17, 15) is 8.42 Å². The monoisotopic (exact) mass is 227 g/mol. The highest BCUT2D eigenvalue weighted by Crippen LogP contribution is 2.23.